The van der Waals surface area contributed by atoms with E-state index in [1.807, 2.05) is 30.3 Å². The Balaban J connectivity index is 1.83. The zero-order valence-corrected chi connectivity index (χ0v) is 13.9. The third-order valence-corrected chi connectivity index (χ3v) is 3.71. The van der Waals surface area contributed by atoms with Gasteiger partial charge in [-0.15, -0.1) is 0 Å². The lowest BCUT2D eigenvalue weighted by molar-refractivity contribution is -0.383. The van der Waals surface area contributed by atoms with Crippen LogP contribution in [0.25, 0.3) is 0 Å². The number of hydrogen-bond donors (Lipinski definition) is 3. The van der Waals surface area contributed by atoms with Crippen LogP contribution in [-0.2, 0) is 4.79 Å². The molecule has 0 heterocycles. The van der Waals surface area contributed by atoms with Crippen LogP contribution in [0.5, 0.6) is 0 Å². The van der Waals surface area contributed by atoms with Crippen LogP contribution >= 0.6 is 0 Å². The van der Waals surface area contributed by atoms with Gasteiger partial charge in [-0.3, -0.25) is 14.9 Å². The van der Waals surface area contributed by atoms with E-state index in [0.29, 0.717) is 12.1 Å². The average Bonchev–Trinajstić information content (AvgIpc) is 2.60. The van der Waals surface area contributed by atoms with Crippen LogP contribution in [0, 0.1) is 10.1 Å². The second kappa shape index (κ2) is 8.79. The molecule has 132 valence electrons. The zero-order chi connectivity index (χ0) is 18.2. The van der Waals surface area contributed by atoms with Crippen LogP contribution < -0.4 is 10.6 Å². The summed E-state index contributed by atoms with van der Waals surface area (Å²) in [6, 6.07) is 15.1. The fourth-order valence-electron chi connectivity index (χ4n) is 2.49. The monoisotopic (exact) mass is 343 g/mol. The normalized spacial score (nSPS) is 12.9. The molecule has 0 saturated carbocycles. The highest BCUT2D eigenvalue weighted by Gasteiger charge is 2.16. The molecule has 7 nitrogen and oxygen atoms in total. The third kappa shape index (κ3) is 5.58. The Hall–Kier alpha value is -2.93. The number of nitro benzene ring substituents is 1. The van der Waals surface area contributed by atoms with Crippen LogP contribution in [-0.4, -0.2) is 28.5 Å². The maximum atomic E-state index is 12.0. The molecule has 1 amide bonds. The van der Waals surface area contributed by atoms with Crippen molar-refractivity contribution in [2.45, 2.75) is 25.5 Å². The number of aliphatic hydroxyl groups is 1. The van der Waals surface area contributed by atoms with E-state index in [4.69, 9.17) is 0 Å². The molecular formula is C18H21N3O4. The molecule has 0 aromatic heterocycles. The number of hydrogen-bond acceptors (Lipinski definition) is 5. The van der Waals surface area contributed by atoms with Gasteiger partial charge in [0, 0.05) is 12.1 Å². The van der Waals surface area contributed by atoms with Gasteiger partial charge in [0.25, 0.3) is 5.69 Å². The molecule has 2 aromatic rings. The number of aliphatic hydroxyl groups excluding tert-OH is 1. The van der Waals surface area contributed by atoms with Gasteiger partial charge in [0.1, 0.15) is 5.69 Å². The van der Waals surface area contributed by atoms with Crippen LogP contribution in [0.2, 0.25) is 0 Å². The standard InChI is InChI=1S/C18H21N3O4/c1-13(11-17(22)14-7-3-2-4-8-14)20-18(23)12-19-15-9-5-6-10-16(15)21(24)25/h2-10,13,17,19,22H,11-12H2,1H3,(H,20,23). The first-order valence-electron chi connectivity index (χ1n) is 7.97. The number of nitro groups is 1. The van der Waals surface area contributed by atoms with Gasteiger partial charge < -0.3 is 15.7 Å². The Morgan fingerprint density at radius 3 is 2.48 bits per heavy atom. The van der Waals surface area contributed by atoms with Crippen molar-refractivity contribution in [3.8, 4) is 0 Å². The van der Waals surface area contributed by atoms with E-state index >= 15 is 0 Å². The SMILES string of the molecule is CC(CC(O)c1ccccc1)NC(=O)CNc1ccccc1[N+](=O)[O-]. The maximum Gasteiger partial charge on any atom is 0.292 e. The number of para-hydroxylation sites is 2. The molecular weight excluding hydrogens is 322 g/mol. The van der Waals surface area contributed by atoms with Gasteiger partial charge >= 0.3 is 0 Å². The van der Waals surface area contributed by atoms with E-state index in [0.717, 1.165) is 5.56 Å². The molecule has 2 unspecified atom stereocenters. The summed E-state index contributed by atoms with van der Waals surface area (Å²) < 4.78 is 0. The number of carbonyl (C=O) groups is 1. The lowest BCUT2D eigenvalue weighted by atomic mass is 10.0. The van der Waals surface area contributed by atoms with Crippen LogP contribution in [0.3, 0.4) is 0 Å². The molecule has 2 atom stereocenters. The number of nitrogens with zero attached hydrogens (tertiary/aromatic N) is 1. The van der Waals surface area contributed by atoms with Gasteiger partial charge in [-0.2, -0.15) is 0 Å². The van der Waals surface area contributed by atoms with E-state index < -0.39 is 11.0 Å². The topological polar surface area (TPSA) is 104 Å². The molecule has 0 fully saturated rings. The molecule has 0 aliphatic rings. The summed E-state index contributed by atoms with van der Waals surface area (Å²) in [5, 5.41) is 26.6. The van der Waals surface area contributed by atoms with Gasteiger partial charge in [0.2, 0.25) is 5.91 Å². The number of nitrogens with one attached hydrogen (secondary N) is 2. The van der Waals surface area contributed by atoms with Crippen molar-refractivity contribution in [3.05, 3.63) is 70.3 Å². The Kier molecular flexibility index (Phi) is 6.47. The first kappa shape index (κ1) is 18.4. The third-order valence-electron chi connectivity index (χ3n) is 3.71. The molecule has 25 heavy (non-hydrogen) atoms. The number of benzene rings is 2. The highest BCUT2D eigenvalue weighted by Crippen LogP contribution is 2.22. The van der Waals surface area contributed by atoms with Crippen molar-refractivity contribution in [2.75, 3.05) is 11.9 Å². The van der Waals surface area contributed by atoms with Gasteiger partial charge in [-0.25, -0.2) is 0 Å². The van der Waals surface area contributed by atoms with E-state index in [-0.39, 0.29) is 24.2 Å². The summed E-state index contributed by atoms with van der Waals surface area (Å²) in [5.74, 6) is -0.300. The molecule has 0 radical (unpaired) electrons. The van der Waals surface area contributed by atoms with Crippen molar-refractivity contribution in [2.24, 2.45) is 0 Å². The lowest BCUT2D eigenvalue weighted by Gasteiger charge is -2.18. The second-order valence-electron chi connectivity index (χ2n) is 5.76. The summed E-state index contributed by atoms with van der Waals surface area (Å²) in [6.45, 7) is 1.71. The van der Waals surface area contributed by atoms with E-state index in [1.54, 1.807) is 25.1 Å². The smallest absolute Gasteiger partial charge is 0.292 e. The Morgan fingerprint density at radius 1 is 1.16 bits per heavy atom. The highest BCUT2D eigenvalue weighted by molar-refractivity contribution is 5.81. The van der Waals surface area contributed by atoms with E-state index in [1.165, 1.54) is 6.07 Å². The molecule has 0 spiro atoms. The largest absolute Gasteiger partial charge is 0.388 e. The van der Waals surface area contributed by atoms with Crippen LogP contribution in [0.15, 0.2) is 54.6 Å². The second-order valence-corrected chi connectivity index (χ2v) is 5.76. The highest BCUT2D eigenvalue weighted by atomic mass is 16.6. The average molecular weight is 343 g/mol. The molecule has 0 aliphatic heterocycles. The number of rotatable bonds is 8. The van der Waals surface area contributed by atoms with Crippen molar-refractivity contribution >= 4 is 17.3 Å². The van der Waals surface area contributed by atoms with Gasteiger partial charge in [0.15, 0.2) is 0 Å². The van der Waals surface area contributed by atoms with Crippen LogP contribution in [0.4, 0.5) is 11.4 Å². The fourth-order valence-corrected chi connectivity index (χ4v) is 2.49. The van der Waals surface area contributed by atoms with Crippen molar-refractivity contribution in [1.82, 2.24) is 5.32 Å². The predicted octanol–water partition coefficient (Wildman–Crippen LogP) is 2.64. The first-order valence-corrected chi connectivity index (χ1v) is 7.97. The van der Waals surface area contributed by atoms with E-state index in [9.17, 15) is 20.0 Å². The molecule has 0 aliphatic carbocycles. The minimum atomic E-state index is -0.667. The first-order chi connectivity index (χ1) is 12.0. The van der Waals surface area contributed by atoms with Gasteiger partial charge in [-0.1, -0.05) is 42.5 Å². The number of anilines is 1. The summed E-state index contributed by atoms with van der Waals surface area (Å²) in [5.41, 5.74) is 1.00. The molecule has 2 aromatic carbocycles. The van der Waals surface area contributed by atoms with Crippen LogP contribution in [0.1, 0.15) is 25.0 Å². The fraction of sp³-hybridized carbons (Fsp3) is 0.278. The number of carbonyl (C=O) groups excluding carboxylic acids is 1. The Morgan fingerprint density at radius 2 is 1.80 bits per heavy atom. The van der Waals surface area contributed by atoms with Crippen molar-refractivity contribution < 1.29 is 14.8 Å². The minimum Gasteiger partial charge on any atom is -0.388 e. The van der Waals surface area contributed by atoms with Gasteiger partial charge in [0.05, 0.1) is 17.6 Å². The van der Waals surface area contributed by atoms with Crippen molar-refractivity contribution in [3.63, 3.8) is 0 Å². The molecule has 7 heteroatoms. The maximum absolute atomic E-state index is 12.0. The predicted molar refractivity (Wildman–Crippen MR) is 95.2 cm³/mol. The van der Waals surface area contributed by atoms with E-state index in [2.05, 4.69) is 10.6 Å². The quantitative estimate of drug-likeness (QED) is 0.505. The summed E-state index contributed by atoms with van der Waals surface area (Å²) >= 11 is 0. The number of amides is 1. The summed E-state index contributed by atoms with van der Waals surface area (Å²) in [6.07, 6.45) is -0.291. The molecule has 3 N–H and O–H groups in total. The lowest BCUT2D eigenvalue weighted by Crippen LogP contribution is -2.37. The Bertz CT molecular complexity index is 721. The molecule has 2 rings (SSSR count). The molecule has 0 bridgehead atoms. The summed E-state index contributed by atoms with van der Waals surface area (Å²) in [4.78, 5) is 22.4. The zero-order valence-electron chi connectivity index (χ0n) is 13.9. The van der Waals surface area contributed by atoms with Gasteiger partial charge in [-0.05, 0) is 25.0 Å². The summed E-state index contributed by atoms with van der Waals surface area (Å²) in [7, 11) is 0. The molecule has 0 saturated heterocycles. The van der Waals surface area contributed by atoms with Crippen molar-refractivity contribution in [1.29, 1.82) is 0 Å². The minimum absolute atomic E-state index is 0.0807. The Labute approximate surface area is 145 Å².